The first-order valence-corrected chi connectivity index (χ1v) is 18.8. The second-order valence-electron chi connectivity index (χ2n) is 15.1. The topological polar surface area (TPSA) is 109 Å². The number of piperazine rings is 1. The lowest BCUT2D eigenvalue weighted by atomic mass is 9.87. The van der Waals surface area contributed by atoms with Gasteiger partial charge in [0.1, 0.15) is 11.7 Å². The molecule has 10 heteroatoms. The Hall–Kier alpha value is -2.85. The number of nitrogens with zero attached hydrogens (tertiary/aromatic N) is 3. The molecule has 278 valence electrons. The molecule has 2 fully saturated rings. The molecule has 0 aromatic rings. The van der Waals surface area contributed by atoms with Gasteiger partial charge in [0.2, 0.25) is 0 Å². The SMILES string of the molecule is CCCN(C)C(=O)OC[C@H](C)/C=C/C=C(\C)[C@H]1OC(=O)C[C@H](C)CC[C@@](C)(O)[C@@H](OC(=O)N2CCN(C3CCCCCC3)CC2)/C=C/[C@@H]1C. The van der Waals surface area contributed by atoms with Gasteiger partial charge in [-0.05, 0) is 63.5 Å². The van der Waals surface area contributed by atoms with E-state index >= 15 is 0 Å². The fourth-order valence-electron chi connectivity index (χ4n) is 6.99. The summed E-state index contributed by atoms with van der Waals surface area (Å²) in [7, 11) is 1.73. The van der Waals surface area contributed by atoms with Gasteiger partial charge in [-0.3, -0.25) is 9.69 Å². The highest BCUT2D eigenvalue weighted by molar-refractivity contribution is 5.70. The lowest BCUT2D eigenvalue weighted by Gasteiger charge is -2.40. The Kier molecular flexibility index (Phi) is 16.7. The van der Waals surface area contributed by atoms with Gasteiger partial charge in [-0.25, -0.2) is 9.59 Å². The summed E-state index contributed by atoms with van der Waals surface area (Å²) in [5.74, 6) is -0.554. The number of hydrogen-bond acceptors (Lipinski definition) is 8. The van der Waals surface area contributed by atoms with Gasteiger partial charge in [0.25, 0.3) is 0 Å². The third kappa shape index (κ3) is 13.4. The highest BCUT2D eigenvalue weighted by Crippen LogP contribution is 2.29. The molecule has 2 amide bonds. The average molecular weight is 688 g/mol. The molecule has 6 atom stereocenters. The second kappa shape index (κ2) is 20.1. The van der Waals surface area contributed by atoms with Crippen LogP contribution in [0, 0.1) is 17.8 Å². The Labute approximate surface area is 295 Å². The number of aliphatic hydroxyl groups is 1. The lowest BCUT2D eigenvalue weighted by molar-refractivity contribution is -0.150. The standard InChI is InChI=1S/C39H65N3O7/c1-8-22-40(7)37(44)47-28-30(3)14-13-15-31(4)36-32(5)18-19-34(39(6,46)21-20-29(2)27-35(43)49-36)48-38(45)42-25-23-41(24-26-42)33-16-11-9-10-12-17-33/h13-15,18-19,29-30,32-34,36,46H,8-12,16-17,20-28H2,1-7H3/b14-13+,19-18+,31-15+/t29-,30-,32+,34+,36-,39-/m1/s1. The van der Waals surface area contributed by atoms with E-state index in [9.17, 15) is 19.5 Å². The van der Waals surface area contributed by atoms with Gasteiger partial charge in [-0.1, -0.05) is 77.7 Å². The zero-order valence-corrected chi connectivity index (χ0v) is 31.4. The molecule has 0 bridgehead atoms. The van der Waals surface area contributed by atoms with Crippen LogP contribution in [0.5, 0.6) is 0 Å². The predicted octanol–water partition coefficient (Wildman–Crippen LogP) is 7.12. The van der Waals surface area contributed by atoms with Gasteiger partial charge in [-0.15, -0.1) is 0 Å². The molecule has 0 aromatic heterocycles. The maximum absolute atomic E-state index is 13.5. The molecule has 0 radical (unpaired) electrons. The Morgan fingerprint density at radius 2 is 1.78 bits per heavy atom. The summed E-state index contributed by atoms with van der Waals surface area (Å²) in [4.78, 5) is 44.5. The van der Waals surface area contributed by atoms with Crippen molar-refractivity contribution >= 4 is 18.2 Å². The van der Waals surface area contributed by atoms with Gasteiger partial charge in [0.05, 0.1) is 6.61 Å². The van der Waals surface area contributed by atoms with Crippen molar-refractivity contribution in [3.63, 3.8) is 0 Å². The van der Waals surface area contributed by atoms with Gasteiger partial charge >= 0.3 is 18.2 Å². The number of carbonyl (C=O) groups excluding carboxylic acids is 3. The van der Waals surface area contributed by atoms with E-state index in [1.807, 2.05) is 58.9 Å². The van der Waals surface area contributed by atoms with Crippen molar-refractivity contribution in [2.75, 3.05) is 46.4 Å². The second-order valence-corrected chi connectivity index (χ2v) is 15.1. The normalized spacial score (nSPS) is 30.0. The zero-order chi connectivity index (χ0) is 36.0. The Morgan fingerprint density at radius 1 is 1.10 bits per heavy atom. The third-order valence-electron chi connectivity index (χ3n) is 10.3. The number of carbonyl (C=O) groups is 3. The molecule has 1 saturated heterocycles. The van der Waals surface area contributed by atoms with Gasteiger partial charge in [0.15, 0.2) is 6.10 Å². The highest BCUT2D eigenvalue weighted by atomic mass is 16.6. The summed E-state index contributed by atoms with van der Waals surface area (Å²) >= 11 is 0. The number of ether oxygens (including phenoxy) is 3. The molecule has 1 aliphatic carbocycles. The molecule has 0 unspecified atom stereocenters. The maximum atomic E-state index is 13.5. The van der Waals surface area contributed by atoms with Crippen molar-refractivity contribution in [2.45, 2.75) is 130 Å². The number of cyclic esters (lactones) is 1. The zero-order valence-electron chi connectivity index (χ0n) is 31.4. The average Bonchev–Trinajstić information content (AvgIpc) is 3.36. The van der Waals surface area contributed by atoms with Crippen LogP contribution < -0.4 is 0 Å². The van der Waals surface area contributed by atoms with E-state index in [0.29, 0.717) is 38.5 Å². The number of rotatable bonds is 9. The smallest absolute Gasteiger partial charge is 0.410 e. The van der Waals surface area contributed by atoms with Crippen LogP contribution in [0.25, 0.3) is 0 Å². The highest BCUT2D eigenvalue weighted by Gasteiger charge is 2.37. The van der Waals surface area contributed by atoms with Crippen molar-refractivity contribution in [1.29, 1.82) is 0 Å². The Morgan fingerprint density at radius 3 is 2.43 bits per heavy atom. The predicted molar refractivity (Wildman–Crippen MR) is 193 cm³/mol. The third-order valence-corrected chi connectivity index (χ3v) is 10.3. The van der Waals surface area contributed by atoms with Crippen LogP contribution in [0.4, 0.5) is 9.59 Å². The van der Waals surface area contributed by atoms with Crippen LogP contribution in [0.3, 0.4) is 0 Å². The van der Waals surface area contributed by atoms with Crippen molar-refractivity contribution in [3.05, 3.63) is 36.0 Å². The molecule has 3 aliphatic rings. The molecule has 49 heavy (non-hydrogen) atoms. The van der Waals surface area contributed by atoms with E-state index in [1.54, 1.807) is 29.8 Å². The van der Waals surface area contributed by atoms with Crippen molar-refractivity contribution in [1.82, 2.24) is 14.7 Å². The summed E-state index contributed by atoms with van der Waals surface area (Å²) < 4.78 is 17.5. The van der Waals surface area contributed by atoms with Crippen molar-refractivity contribution in [2.24, 2.45) is 17.8 Å². The van der Waals surface area contributed by atoms with Gasteiger partial charge in [-0.2, -0.15) is 0 Å². The fraction of sp³-hybridized carbons (Fsp3) is 0.769. The van der Waals surface area contributed by atoms with Crippen molar-refractivity contribution in [3.8, 4) is 0 Å². The van der Waals surface area contributed by atoms with Crippen molar-refractivity contribution < 1.29 is 33.7 Å². The molecular formula is C39H65N3O7. The van der Waals surface area contributed by atoms with Crippen LogP contribution >= 0.6 is 0 Å². The summed E-state index contributed by atoms with van der Waals surface area (Å²) in [6.07, 6.45) is 17.1. The van der Waals surface area contributed by atoms with Crippen LogP contribution in [0.2, 0.25) is 0 Å². The number of esters is 1. The summed E-state index contributed by atoms with van der Waals surface area (Å²) in [6, 6.07) is 0.611. The van der Waals surface area contributed by atoms with E-state index in [1.165, 1.54) is 38.5 Å². The lowest BCUT2D eigenvalue weighted by Crippen LogP contribution is -2.53. The maximum Gasteiger partial charge on any atom is 0.410 e. The molecule has 1 saturated carbocycles. The Balaban J connectivity index is 1.68. The number of hydrogen-bond donors (Lipinski definition) is 1. The van der Waals surface area contributed by atoms with E-state index in [-0.39, 0.29) is 42.8 Å². The minimum absolute atomic E-state index is 0.00230. The fourth-order valence-corrected chi connectivity index (χ4v) is 6.99. The minimum atomic E-state index is -1.31. The summed E-state index contributed by atoms with van der Waals surface area (Å²) in [6.45, 7) is 15.4. The van der Waals surface area contributed by atoms with Crippen LogP contribution in [0.15, 0.2) is 36.0 Å². The molecule has 0 spiro atoms. The van der Waals surface area contributed by atoms with E-state index in [2.05, 4.69) is 4.90 Å². The summed E-state index contributed by atoms with van der Waals surface area (Å²) in [5.41, 5.74) is -0.454. The van der Waals surface area contributed by atoms with Crippen LogP contribution in [-0.2, 0) is 19.0 Å². The van der Waals surface area contributed by atoms with E-state index in [0.717, 1.165) is 25.1 Å². The first kappa shape index (κ1) is 40.6. The molecule has 2 aliphatic heterocycles. The molecular weight excluding hydrogens is 622 g/mol. The number of amides is 2. The van der Waals surface area contributed by atoms with Crippen LogP contribution in [-0.4, -0.2) is 108 Å². The first-order valence-electron chi connectivity index (χ1n) is 18.8. The molecule has 0 aromatic carbocycles. The monoisotopic (exact) mass is 687 g/mol. The minimum Gasteiger partial charge on any atom is -0.457 e. The quantitative estimate of drug-likeness (QED) is 0.0898. The van der Waals surface area contributed by atoms with Gasteiger partial charge in [0, 0.05) is 64.1 Å². The first-order chi connectivity index (χ1) is 23.3. The van der Waals surface area contributed by atoms with Gasteiger partial charge < -0.3 is 29.1 Å². The van der Waals surface area contributed by atoms with E-state index in [4.69, 9.17) is 14.2 Å². The largest absolute Gasteiger partial charge is 0.457 e. The van der Waals surface area contributed by atoms with E-state index < -0.39 is 23.9 Å². The number of allylic oxidation sites excluding steroid dienone is 2. The Bertz CT molecular complexity index is 1140. The molecule has 3 rings (SSSR count). The van der Waals surface area contributed by atoms with Crippen LogP contribution in [0.1, 0.15) is 106 Å². The molecule has 1 N–H and O–H groups in total. The molecule has 2 heterocycles. The summed E-state index contributed by atoms with van der Waals surface area (Å²) in [5, 5.41) is 11.6. The molecule has 10 nitrogen and oxygen atoms in total.